The molecule has 2 aromatic carbocycles. The number of carbonyl (C=O) groups excluding carboxylic acids is 1. The molecule has 0 bridgehead atoms. The van der Waals surface area contributed by atoms with Crippen molar-refractivity contribution < 1.29 is 4.79 Å². The van der Waals surface area contributed by atoms with E-state index in [1.807, 2.05) is 61.5 Å². The van der Waals surface area contributed by atoms with Crippen LogP contribution in [0.5, 0.6) is 0 Å². The van der Waals surface area contributed by atoms with E-state index in [1.54, 1.807) is 34.5 Å². The third-order valence-electron chi connectivity index (χ3n) is 5.47. The smallest absolute Gasteiger partial charge is 0.256 e. The summed E-state index contributed by atoms with van der Waals surface area (Å²) in [5.74, 6) is -0.257. The zero-order chi connectivity index (χ0) is 23.4. The molecule has 7 heteroatoms. The van der Waals surface area contributed by atoms with E-state index in [1.165, 1.54) is 5.56 Å². The Labute approximate surface area is 197 Å². The van der Waals surface area contributed by atoms with Gasteiger partial charge in [0.1, 0.15) is 5.15 Å². The Balaban J connectivity index is 1.39. The number of rotatable bonds is 7. The van der Waals surface area contributed by atoms with E-state index in [0.29, 0.717) is 36.0 Å². The van der Waals surface area contributed by atoms with Gasteiger partial charge in [0, 0.05) is 18.8 Å². The first-order valence-electron chi connectivity index (χ1n) is 10.7. The molecule has 0 aliphatic carbocycles. The van der Waals surface area contributed by atoms with Crippen molar-refractivity contribution in [3.05, 3.63) is 122 Å². The Morgan fingerprint density at radius 3 is 2.24 bits per heavy atom. The van der Waals surface area contributed by atoms with Gasteiger partial charge in [-0.1, -0.05) is 71.8 Å². The van der Waals surface area contributed by atoms with E-state index in [0.717, 1.165) is 16.7 Å². The molecular formula is C26H25ClN4O2. The quantitative estimate of drug-likeness (QED) is 0.446. The van der Waals surface area contributed by atoms with Crippen molar-refractivity contribution in [1.29, 1.82) is 0 Å². The summed E-state index contributed by atoms with van der Waals surface area (Å²) in [5, 5.41) is 7.71. The molecular weight excluding hydrogens is 436 g/mol. The highest BCUT2D eigenvalue weighted by atomic mass is 35.5. The average molecular weight is 461 g/mol. The number of nitrogens with zero attached hydrogens (tertiary/aromatic N) is 3. The Morgan fingerprint density at radius 1 is 0.909 bits per heavy atom. The molecule has 0 saturated heterocycles. The van der Waals surface area contributed by atoms with Gasteiger partial charge in [0.25, 0.3) is 11.5 Å². The lowest BCUT2D eigenvalue weighted by molar-refractivity contribution is 0.0950. The predicted molar refractivity (Wildman–Crippen MR) is 130 cm³/mol. The van der Waals surface area contributed by atoms with Gasteiger partial charge in [-0.05, 0) is 36.6 Å². The fraction of sp³-hybridized carbons (Fsp3) is 0.192. The molecule has 33 heavy (non-hydrogen) atoms. The Hall–Kier alpha value is -3.64. The highest BCUT2D eigenvalue weighted by Crippen LogP contribution is 2.21. The van der Waals surface area contributed by atoms with Crippen molar-refractivity contribution in [2.45, 2.75) is 33.5 Å². The van der Waals surface area contributed by atoms with Crippen LogP contribution < -0.4 is 10.9 Å². The number of hydrogen-bond acceptors (Lipinski definition) is 3. The van der Waals surface area contributed by atoms with E-state index < -0.39 is 0 Å². The van der Waals surface area contributed by atoms with Gasteiger partial charge in [0.15, 0.2) is 0 Å². The van der Waals surface area contributed by atoms with Crippen LogP contribution in [0.1, 0.15) is 38.3 Å². The second kappa shape index (κ2) is 9.88. The number of aryl methyl sites for hydroxylation is 2. The van der Waals surface area contributed by atoms with Gasteiger partial charge in [-0.15, -0.1) is 0 Å². The van der Waals surface area contributed by atoms with Crippen LogP contribution in [0.3, 0.4) is 0 Å². The van der Waals surface area contributed by atoms with Crippen molar-refractivity contribution >= 4 is 17.5 Å². The molecule has 0 spiro atoms. The number of nitrogens with one attached hydrogen (secondary N) is 1. The second-order valence-corrected chi connectivity index (χ2v) is 8.42. The van der Waals surface area contributed by atoms with Crippen LogP contribution in [0.2, 0.25) is 5.15 Å². The molecule has 1 amide bonds. The molecule has 0 atom stereocenters. The average Bonchev–Trinajstić information content (AvgIpc) is 3.09. The molecule has 2 aromatic heterocycles. The maximum Gasteiger partial charge on any atom is 0.256 e. The summed E-state index contributed by atoms with van der Waals surface area (Å²) >= 11 is 6.51. The van der Waals surface area contributed by atoms with E-state index in [-0.39, 0.29) is 11.5 Å². The highest BCUT2D eigenvalue weighted by Gasteiger charge is 2.20. The van der Waals surface area contributed by atoms with Crippen LogP contribution in [-0.4, -0.2) is 20.3 Å². The van der Waals surface area contributed by atoms with E-state index in [2.05, 4.69) is 10.4 Å². The first kappa shape index (κ1) is 22.6. The van der Waals surface area contributed by atoms with E-state index in [9.17, 15) is 9.59 Å². The third-order valence-corrected chi connectivity index (χ3v) is 5.86. The Bertz CT molecular complexity index is 1320. The van der Waals surface area contributed by atoms with Crippen LogP contribution in [-0.2, 0) is 19.6 Å². The standard InChI is InChI=1S/C26H25ClN4O2/c1-18-6-8-22(9-7-18)17-31-25(27)24(19(2)29-31)26(33)28-15-20-10-12-21(13-11-20)16-30-14-4-3-5-23(30)32/h3-14H,15-17H2,1-2H3,(H,28,33). The SMILES string of the molecule is Cc1ccc(Cn2nc(C)c(C(=O)NCc3ccc(Cn4ccccc4=O)cc3)c2Cl)cc1. The monoisotopic (exact) mass is 460 g/mol. The molecule has 6 nitrogen and oxygen atoms in total. The predicted octanol–water partition coefficient (Wildman–Crippen LogP) is 4.34. The van der Waals surface area contributed by atoms with Gasteiger partial charge < -0.3 is 9.88 Å². The third kappa shape index (κ3) is 5.41. The normalized spacial score (nSPS) is 10.9. The van der Waals surface area contributed by atoms with Crippen molar-refractivity contribution in [2.24, 2.45) is 0 Å². The Morgan fingerprint density at radius 2 is 1.55 bits per heavy atom. The summed E-state index contributed by atoms with van der Waals surface area (Å²) in [6.45, 7) is 5.19. The summed E-state index contributed by atoms with van der Waals surface area (Å²) in [5.41, 5.74) is 5.16. The highest BCUT2D eigenvalue weighted by molar-refractivity contribution is 6.33. The fourth-order valence-corrected chi connectivity index (χ4v) is 3.92. The lowest BCUT2D eigenvalue weighted by Gasteiger charge is -2.08. The number of pyridine rings is 1. The number of halogens is 1. The van der Waals surface area contributed by atoms with Crippen LogP contribution in [0, 0.1) is 13.8 Å². The number of amides is 1. The molecule has 2 heterocycles. The first-order chi connectivity index (χ1) is 15.9. The van der Waals surface area contributed by atoms with E-state index >= 15 is 0 Å². The number of aromatic nitrogens is 3. The molecule has 0 aliphatic heterocycles. The molecule has 1 N–H and O–H groups in total. The topological polar surface area (TPSA) is 68.9 Å². The number of carbonyl (C=O) groups is 1. The largest absolute Gasteiger partial charge is 0.348 e. The molecule has 0 fully saturated rings. The van der Waals surface area contributed by atoms with E-state index in [4.69, 9.17) is 11.6 Å². The fourth-order valence-electron chi connectivity index (χ4n) is 3.60. The van der Waals surface area contributed by atoms with Gasteiger partial charge >= 0.3 is 0 Å². The number of hydrogen-bond donors (Lipinski definition) is 1. The van der Waals surface area contributed by atoms with Gasteiger partial charge in [0.2, 0.25) is 0 Å². The molecule has 0 saturated carbocycles. The lowest BCUT2D eigenvalue weighted by atomic mass is 10.1. The second-order valence-electron chi connectivity index (χ2n) is 8.06. The zero-order valence-electron chi connectivity index (χ0n) is 18.6. The number of benzene rings is 2. The summed E-state index contributed by atoms with van der Waals surface area (Å²) in [7, 11) is 0. The molecule has 0 aliphatic rings. The van der Waals surface area contributed by atoms with Crippen LogP contribution in [0.15, 0.2) is 77.7 Å². The van der Waals surface area contributed by atoms with Gasteiger partial charge in [-0.3, -0.25) is 9.59 Å². The summed E-state index contributed by atoms with van der Waals surface area (Å²) in [6, 6.07) is 21.0. The van der Waals surface area contributed by atoms with Gasteiger partial charge in [-0.2, -0.15) is 5.10 Å². The molecule has 168 valence electrons. The molecule has 4 aromatic rings. The Kier molecular flexibility index (Phi) is 6.75. The summed E-state index contributed by atoms with van der Waals surface area (Å²) in [6.07, 6.45) is 1.77. The lowest BCUT2D eigenvalue weighted by Crippen LogP contribution is -2.23. The van der Waals surface area contributed by atoms with Crippen molar-refractivity contribution in [3.63, 3.8) is 0 Å². The maximum absolute atomic E-state index is 12.8. The van der Waals surface area contributed by atoms with Crippen molar-refractivity contribution in [1.82, 2.24) is 19.7 Å². The first-order valence-corrected chi connectivity index (χ1v) is 11.1. The van der Waals surface area contributed by atoms with Crippen LogP contribution in [0.25, 0.3) is 0 Å². The zero-order valence-corrected chi connectivity index (χ0v) is 19.3. The summed E-state index contributed by atoms with van der Waals surface area (Å²) in [4.78, 5) is 24.7. The summed E-state index contributed by atoms with van der Waals surface area (Å²) < 4.78 is 3.30. The molecule has 0 unspecified atom stereocenters. The van der Waals surface area contributed by atoms with Gasteiger partial charge in [0.05, 0.1) is 24.3 Å². The minimum Gasteiger partial charge on any atom is -0.348 e. The van der Waals surface area contributed by atoms with Crippen LogP contribution >= 0.6 is 11.6 Å². The van der Waals surface area contributed by atoms with Crippen molar-refractivity contribution in [2.75, 3.05) is 0 Å². The molecule has 0 radical (unpaired) electrons. The van der Waals surface area contributed by atoms with Crippen molar-refractivity contribution in [3.8, 4) is 0 Å². The van der Waals surface area contributed by atoms with Crippen LogP contribution in [0.4, 0.5) is 0 Å². The maximum atomic E-state index is 12.8. The minimum atomic E-state index is -0.257. The van der Waals surface area contributed by atoms with Gasteiger partial charge in [-0.25, -0.2) is 4.68 Å². The minimum absolute atomic E-state index is 0.0380. The molecule has 4 rings (SSSR count).